The molecule has 10 nitrogen and oxygen atoms in total. The highest BCUT2D eigenvalue weighted by molar-refractivity contribution is 6.33. The van der Waals surface area contributed by atoms with E-state index in [-0.39, 0.29) is 24.7 Å². The Morgan fingerprint density at radius 3 is 2.73 bits per heavy atom. The molecule has 2 aromatic rings. The molecule has 4 rings (SSSR count). The number of anilines is 1. The Bertz CT molecular complexity index is 1070. The summed E-state index contributed by atoms with van der Waals surface area (Å²) in [5.41, 5.74) is 0.667. The van der Waals surface area contributed by atoms with E-state index in [1.807, 2.05) is 13.0 Å². The number of aromatic nitrogens is 3. The van der Waals surface area contributed by atoms with E-state index in [0.29, 0.717) is 60.6 Å². The van der Waals surface area contributed by atoms with Crippen molar-refractivity contribution in [3.8, 4) is 23.2 Å². The number of rotatable bonds is 10. The topological polar surface area (TPSA) is 128 Å². The van der Waals surface area contributed by atoms with Crippen molar-refractivity contribution < 1.29 is 14.2 Å². The van der Waals surface area contributed by atoms with Gasteiger partial charge in [-0.3, -0.25) is 4.98 Å². The van der Waals surface area contributed by atoms with Gasteiger partial charge in [-0.05, 0) is 57.6 Å². The second kappa shape index (κ2) is 12.8. The number of ether oxygens (including phenoxy) is 3. The third-order valence-electron chi connectivity index (χ3n) is 7.18. The number of nitrogens with one attached hydrogen (secondary N) is 1. The maximum absolute atomic E-state index is 12.5. The number of nitrogens with zero attached hydrogens (tertiary/aromatic N) is 5. The van der Waals surface area contributed by atoms with Gasteiger partial charge >= 0.3 is 0 Å². The van der Waals surface area contributed by atoms with E-state index in [4.69, 9.17) is 25.8 Å². The highest BCUT2D eigenvalue weighted by atomic mass is 35.5. The Morgan fingerprint density at radius 1 is 1.27 bits per heavy atom. The molecule has 11 heteroatoms. The maximum atomic E-state index is 12.5. The summed E-state index contributed by atoms with van der Waals surface area (Å²) < 4.78 is 16.4. The maximum Gasteiger partial charge on any atom is 0.232 e. The summed E-state index contributed by atoms with van der Waals surface area (Å²) in [6.45, 7) is 3.66. The van der Waals surface area contributed by atoms with Crippen LogP contribution in [0.3, 0.4) is 0 Å². The molecule has 0 amide bonds. The van der Waals surface area contributed by atoms with E-state index in [1.54, 1.807) is 19.5 Å². The van der Waals surface area contributed by atoms with Gasteiger partial charge in [0.25, 0.3) is 0 Å². The zero-order valence-corrected chi connectivity index (χ0v) is 22.1. The van der Waals surface area contributed by atoms with Crippen molar-refractivity contribution >= 4 is 17.4 Å². The van der Waals surface area contributed by atoms with Crippen molar-refractivity contribution in [3.63, 3.8) is 0 Å². The van der Waals surface area contributed by atoms with Crippen LogP contribution in [0, 0.1) is 22.0 Å². The van der Waals surface area contributed by atoms with Gasteiger partial charge in [0.15, 0.2) is 0 Å². The van der Waals surface area contributed by atoms with E-state index in [1.165, 1.54) is 11.3 Å². The van der Waals surface area contributed by atoms with Crippen LogP contribution in [0.5, 0.6) is 5.88 Å². The normalized spacial score (nSPS) is 22.3. The van der Waals surface area contributed by atoms with E-state index in [9.17, 15) is 10.5 Å². The average molecular weight is 530 g/mol. The molecule has 0 bridgehead atoms. The van der Waals surface area contributed by atoms with Gasteiger partial charge in [-0.1, -0.05) is 11.6 Å². The summed E-state index contributed by atoms with van der Waals surface area (Å²) >= 11 is 6.47. The van der Waals surface area contributed by atoms with Gasteiger partial charge in [-0.2, -0.15) is 5.26 Å². The van der Waals surface area contributed by atoms with Crippen LogP contribution in [0.15, 0.2) is 24.7 Å². The van der Waals surface area contributed by atoms with Crippen LogP contribution in [0.2, 0.25) is 5.02 Å². The predicted octanol–water partition coefficient (Wildman–Crippen LogP) is 4.45. The average Bonchev–Trinajstić information content (AvgIpc) is 2.94. The molecule has 2 fully saturated rings. The lowest BCUT2D eigenvalue weighted by molar-refractivity contribution is 0.0182. The van der Waals surface area contributed by atoms with Crippen molar-refractivity contribution in [3.05, 3.63) is 34.9 Å². The van der Waals surface area contributed by atoms with Crippen LogP contribution >= 0.6 is 11.6 Å². The first-order chi connectivity index (χ1) is 17.9. The zero-order chi connectivity index (χ0) is 26.3. The molecule has 1 atom stereocenters. The summed E-state index contributed by atoms with van der Waals surface area (Å²) in [5, 5.41) is 27.3. The highest BCUT2D eigenvalue weighted by Crippen LogP contribution is 2.33. The minimum Gasteiger partial charge on any atom is -0.785 e. The monoisotopic (exact) mass is 529 g/mol. The van der Waals surface area contributed by atoms with Crippen LogP contribution in [0.1, 0.15) is 45.4 Å². The largest absolute Gasteiger partial charge is 0.785 e. The lowest BCUT2D eigenvalue weighted by Crippen LogP contribution is -2.43. The number of hydrogen-bond donors (Lipinski definition) is 1. The molecule has 1 aliphatic carbocycles. The molecule has 1 aliphatic heterocycles. The Balaban J connectivity index is 1.38. The Morgan fingerprint density at radius 2 is 2.03 bits per heavy atom. The van der Waals surface area contributed by atoms with Gasteiger partial charge in [0, 0.05) is 44.2 Å². The third-order valence-corrected chi connectivity index (χ3v) is 7.48. The second-order valence-electron chi connectivity index (χ2n) is 9.90. The first-order valence-electron chi connectivity index (χ1n) is 12.7. The van der Waals surface area contributed by atoms with Gasteiger partial charge in [0.2, 0.25) is 5.88 Å². The Hall–Kier alpha value is -2.55. The number of pyridine rings is 1. The van der Waals surface area contributed by atoms with Gasteiger partial charge < -0.3 is 29.8 Å². The summed E-state index contributed by atoms with van der Waals surface area (Å²) in [7, 11) is 1.62. The van der Waals surface area contributed by atoms with Crippen molar-refractivity contribution in [2.75, 3.05) is 38.9 Å². The standard InChI is InChI=1S/C26H34ClN6O4/c1-18(15-35-2)33(34)20-5-3-19(4-6-20)31-24-11-21(22(27)12-30-24)23-13-29-14-25(32-23)37-17-26(16-28)7-9-36-10-8-26/h11-14,18-20H,3-10,15,17H2,1-2H3,(H,30,31)/q-1/t18-,19?,20?/m1/s1. The minimum atomic E-state index is -0.578. The molecule has 1 N–H and O–H groups in total. The molecule has 1 saturated carbocycles. The smallest absolute Gasteiger partial charge is 0.232 e. The van der Waals surface area contributed by atoms with E-state index in [0.717, 1.165) is 25.7 Å². The number of methoxy groups -OCH3 is 1. The summed E-state index contributed by atoms with van der Waals surface area (Å²) in [6.07, 6.45) is 9.39. The fourth-order valence-electron chi connectivity index (χ4n) is 4.88. The first kappa shape index (κ1) is 27.5. The third kappa shape index (κ3) is 7.06. The quantitative estimate of drug-likeness (QED) is 0.440. The molecule has 200 valence electrons. The lowest BCUT2D eigenvalue weighted by Gasteiger charge is -2.45. The van der Waals surface area contributed by atoms with Crippen LogP contribution in [0.4, 0.5) is 5.82 Å². The van der Waals surface area contributed by atoms with Crippen LogP contribution < -0.4 is 10.1 Å². The lowest BCUT2D eigenvalue weighted by atomic mass is 9.83. The molecule has 37 heavy (non-hydrogen) atoms. The molecule has 0 radical (unpaired) electrons. The van der Waals surface area contributed by atoms with Crippen molar-refractivity contribution in [1.29, 1.82) is 5.26 Å². The van der Waals surface area contributed by atoms with Crippen molar-refractivity contribution in [2.45, 2.75) is 63.6 Å². The molecule has 2 aromatic heterocycles. The van der Waals surface area contributed by atoms with Gasteiger partial charge in [0.05, 0.1) is 41.2 Å². The van der Waals surface area contributed by atoms with Gasteiger partial charge in [-0.15, -0.1) is 0 Å². The molecule has 2 aliphatic rings. The molecule has 0 aromatic carbocycles. The van der Waals surface area contributed by atoms with Crippen LogP contribution in [0.25, 0.3) is 11.3 Å². The van der Waals surface area contributed by atoms with Gasteiger partial charge in [-0.25, -0.2) is 9.97 Å². The fourth-order valence-corrected chi connectivity index (χ4v) is 5.08. The SMILES string of the molecule is COC[C@@H](C)N([O-])C1CCC(Nc2cc(-c3cncc(OCC4(C#N)CCOCC4)n3)c(Cl)cn2)CC1. The molecular formula is C26H34ClN6O4-. The van der Waals surface area contributed by atoms with Crippen LogP contribution in [-0.4, -0.2) is 71.7 Å². The zero-order valence-electron chi connectivity index (χ0n) is 21.4. The number of hydrogen-bond acceptors (Lipinski definition) is 10. The Labute approximate surface area is 222 Å². The summed E-state index contributed by atoms with van der Waals surface area (Å²) in [6, 6.07) is 4.33. The molecule has 1 saturated heterocycles. The first-order valence-corrected chi connectivity index (χ1v) is 13.1. The number of hydroxylamine groups is 2. The minimum absolute atomic E-state index is 0.0104. The Kier molecular flexibility index (Phi) is 9.51. The number of nitriles is 1. The molecule has 3 heterocycles. The molecular weight excluding hydrogens is 496 g/mol. The fraction of sp³-hybridized carbons (Fsp3) is 0.615. The van der Waals surface area contributed by atoms with Crippen LogP contribution in [-0.2, 0) is 9.47 Å². The van der Waals surface area contributed by atoms with E-state index >= 15 is 0 Å². The van der Waals surface area contributed by atoms with E-state index in [2.05, 4.69) is 26.3 Å². The molecule has 0 unspecified atom stereocenters. The van der Waals surface area contributed by atoms with Gasteiger partial charge in [0.1, 0.15) is 12.4 Å². The number of halogens is 1. The summed E-state index contributed by atoms with van der Waals surface area (Å²) in [4.78, 5) is 13.3. The highest BCUT2D eigenvalue weighted by Gasteiger charge is 2.34. The summed E-state index contributed by atoms with van der Waals surface area (Å²) in [5.74, 6) is 1.03. The van der Waals surface area contributed by atoms with Crippen molar-refractivity contribution in [2.24, 2.45) is 5.41 Å². The van der Waals surface area contributed by atoms with E-state index < -0.39 is 5.41 Å². The molecule has 0 spiro atoms. The second-order valence-corrected chi connectivity index (χ2v) is 10.3. The predicted molar refractivity (Wildman–Crippen MR) is 140 cm³/mol. The van der Waals surface area contributed by atoms with Crippen molar-refractivity contribution in [1.82, 2.24) is 20.0 Å².